The van der Waals surface area contributed by atoms with Crippen LogP contribution in [0.15, 0.2) is 0 Å². The number of amides is 1. The van der Waals surface area contributed by atoms with Crippen LogP contribution in [-0.4, -0.2) is 30.0 Å². The summed E-state index contributed by atoms with van der Waals surface area (Å²) in [6.45, 7) is 4.30. The van der Waals surface area contributed by atoms with Gasteiger partial charge in [-0.2, -0.15) is 0 Å². The minimum absolute atomic E-state index is 0.203. The SMILES string of the molecule is CCOC(=O)CCCNC(=O)c1sc(N)nc1C. The summed E-state index contributed by atoms with van der Waals surface area (Å²) < 4.78 is 4.78. The van der Waals surface area contributed by atoms with E-state index in [9.17, 15) is 9.59 Å². The molecule has 1 amide bonds. The second-order valence-electron chi connectivity index (χ2n) is 3.63. The summed E-state index contributed by atoms with van der Waals surface area (Å²) in [5.41, 5.74) is 6.14. The Labute approximate surface area is 110 Å². The summed E-state index contributed by atoms with van der Waals surface area (Å²) in [5.74, 6) is -0.449. The first-order valence-corrected chi connectivity index (χ1v) is 6.53. The highest BCUT2D eigenvalue weighted by atomic mass is 32.1. The van der Waals surface area contributed by atoms with Gasteiger partial charge in [0, 0.05) is 13.0 Å². The van der Waals surface area contributed by atoms with E-state index in [0.29, 0.717) is 41.7 Å². The lowest BCUT2D eigenvalue weighted by Crippen LogP contribution is -2.24. The highest BCUT2D eigenvalue weighted by molar-refractivity contribution is 7.17. The Morgan fingerprint density at radius 3 is 2.78 bits per heavy atom. The van der Waals surface area contributed by atoms with Crippen LogP contribution >= 0.6 is 11.3 Å². The van der Waals surface area contributed by atoms with Gasteiger partial charge in [0.2, 0.25) is 0 Å². The number of nitrogens with zero attached hydrogens (tertiary/aromatic N) is 1. The van der Waals surface area contributed by atoms with Gasteiger partial charge in [-0.3, -0.25) is 9.59 Å². The number of carbonyl (C=O) groups excluding carboxylic acids is 2. The van der Waals surface area contributed by atoms with Crippen LogP contribution in [0.25, 0.3) is 0 Å². The highest BCUT2D eigenvalue weighted by Gasteiger charge is 2.13. The Morgan fingerprint density at radius 2 is 2.22 bits per heavy atom. The zero-order valence-electron chi connectivity index (χ0n) is 10.5. The fourth-order valence-electron chi connectivity index (χ4n) is 1.38. The summed E-state index contributed by atoms with van der Waals surface area (Å²) in [6.07, 6.45) is 0.857. The Balaban J connectivity index is 2.30. The number of anilines is 1. The second kappa shape index (κ2) is 6.95. The van der Waals surface area contributed by atoms with E-state index >= 15 is 0 Å². The molecule has 1 aromatic rings. The van der Waals surface area contributed by atoms with E-state index in [0.717, 1.165) is 11.3 Å². The molecule has 0 aliphatic heterocycles. The van der Waals surface area contributed by atoms with E-state index < -0.39 is 0 Å². The number of thiazole rings is 1. The largest absolute Gasteiger partial charge is 0.466 e. The molecule has 0 bridgehead atoms. The van der Waals surface area contributed by atoms with E-state index in [1.165, 1.54) is 0 Å². The number of carbonyl (C=O) groups is 2. The van der Waals surface area contributed by atoms with E-state index in [1.807, 2.05) is 0 Å². The van der Waals surface area contributed by atoms with Gasteiger partial charge in [-0.15, -0.1) is 0 Å². The number of ether oxygens (including phenoxy) is 1. The van der Waals surface area contributed by atoms with Gasteiger partial charge >= 0.3 is 5.97 Å². The zero-order valence-corrected chi connectivity index (χ0v) is 11.3. The third-order valence-corrected chi connectivity index (χ3v) is 3.15. The summed E-state index contributed by atoms with van der Waals surface area (Å²) in [7, 11) is 0. The van der Waals surface area contributed by atoms with Crippen molar-refractivity contribution in [3.8, 4) is 0 Å². The molecule has 0 aromatic carbocycles. The lowest BCUT2D eigenvalue weighted by atomic mass is 10.3. The average molecular weight is 271 g/mol. The standard InChI is InChI=1S/C11H17N3O3S/c1-3-17-8(15)5-4-6-13-10(16)9-7(2)14-11(12)18-9/h3-6H2,1-2H3,(H2,12,14)(H,13,16). The number of nitrogens with two attached hydrogens (primary N) is 1. The van der Waals surface area contributed by atoms with Crippen molar-refractivity contribution in [1.29, 1.82) is 0 Å². The van der Waals surface area contributed by atoms with E-state index in [-0.39, 0.29) is 11.9 Å². The Kier molecular flexibility index (Phi) is 5.57. The molecule has 1 rings (SSSR count). The van der Waals surface area contributed by atoms with Crippen molar-refractivity contribution in [2.45, 2.75) is 26.7 Å². The minimum atomic E-state index is -0.245. The normalized spacial score (nSPS) is 10.1. The quantitative estimate of drug-likeness (QED) is 0.597. The molecule has 0 radical (unpaired) electrons. The number of aromatic nitrogens is 1. The second-order valence-corrected chi connectivity index (χ2v) is 4.66. The first-order valence-electron chi connectivity index (χ1n) is 5.71. The maximum absolute atomic E-state index is 11.7. The molecule has 1 aromatic heterocycles. The van der Waals surface area contributed by atoms with Crippen LogP contribution in [0.3, 0.4) is 0 Å². The molecule has 0 unspecified atom stereocenters. The van der Waals surface area contributed by atoms with Crippen LogP contribution in [0.4, 0.5) is 5.13 Å². The number of nitrogens with one attached hydrogen (secondary N) is 1. The van der Waals surface area contributed by atoms with Gasteiger partial charge in [0.15, 0.2) is 5.13 Å². The van der Waals surface area contributed by atoms with Crippen molar-refractivity contribution in [2.24, 2.45) is 0 Å². The van der Waals surface area contributed by atoms with Gasteiger partial charge in [0.25, 0.3) is 5.91 Å². The van der Waals surface area contributed by atoms with Gasteiger partial charge in [-0.05, 0) is 20.3 Å². The van der Waals surface area contributed by atoms with Crippen LogP contribution in [0.2, 0.25) is 0 Å². The molecule has 0 aliphatic carbocycles. The zero-order chi connectivity index (χ0) is 13.5. The van der Waals surface area contributed by atoms with Gasteiger partial charge in [0.05, 0.1) is 12.3 Å². The fraction of sp³-hybridized carbons (Fsp3) is 0.545. The molecule has 6 nitrogen and oxygen atoms in total. The third-order valence-electron chi connectivity index (χ3n) is 2.17. The van der Waals surface area contributed by atoms with Gasteiger partial charge in [-0.25, -0.2) is 4.98 Å². The van der Waals surface area contributed by atoms with Crippen molar-refractivity contribution in [2.75, 3.05) is 18.9 Å². The topological polar surface area (TPSA) is 94.3 Å². The van der Waals surface area contributed by atoms with Crippen LogP contribution in [0.1, 0.15) is 35.1 Å². The van der Waals surface area contributed by atoms with Crippen molar-refractivity contribution >= 4 is 28.3 Å². The number of hydrogen-bond donors (Lipinski definition) is 2. The minimum Gasteiger partial charge on any atom is -0.466 e. The highest BCUT2D eigenvalue weighted by Crippen LogP contribution is 2.19. The van der Waals surface area contributed by atoms with E-state index in [1.54, 1.807) is 13.8 Å². The number of rotatable bonds is 6. The molecule has 3 N–H and O–H groups in total. The maximum Gasteiger partial charge on any atom is 0.305 e. The Hall–Kier alpha value is -1.63. The molecular formula is C11H17N3O3S. The lowest BCUT2D eigenvalue weighted by molar-refractivity contribution is -0.143. The molecule has 0 saturated carbocycles. The molecule has 0 aliphatic rings. The van der Waals surface area contributed by atoms with Crippen LogP contribution in [0, 0.1) is 6.92 Å². The monoisotopic (exact) mass is 271 g/mol. The molecule has 0 atom stereocenters. The summed E-state index contributed by atoms with van der Waals surface area (Å²) in [6, 6.07) is 0. The Morgan fingerprint density at radius 1 is 1.50 bits per heavy atom. The van der Waals surface area contributed by atoms with Crippen molar-refractivity contribution < 1.29 is 14.3 Å². The molecular weight excluding hydrogens is 254 g/mol. The lowest BCUT2D eigenvalue weighted by Gasteiger charge is -2.04. The smallest absolute Gasteiger partial charge is 0.305 e. The summed E-state index contributed by atoms with van der Waals surface area (Å²) in [5, 5.41) is 3.10. The van der Waals surface area contributed by atoms with Crippen LogP contribution < -0.4 is 11.1 Å². The number of esters is 1. The fourth-order valence-corrected chi connectivity index (χ4v) is 2.13. The maximum atomic E-state index is 11.7. The number of aryl methyl sites for hydroxylation is 1. The van der Waals surface area contributed by atoms with Crippen molar-refractivity contribution in [3.63, 3.8) is 0 Å². The first kappa shape index (κ1) is 14.4. The predicted molar refractivity (Wildman–Crippen MR) is 69.5 cm³/mol. The third kappa shape index (κ3) is 4.33. The summed E-state index contributed by atoms with van der Waals surface area (Å²) >= 11 is 1.16. The number of nitrogen functional groups attached to an aromatic ring is 1. The molecule has 100 valence electrons. The van der Waals surface area contributed by atoms with Gasteiger partial charge in [-0.1, -0.05) is 11.3 Å². The van der Waals surface area contributed by atoms with Gasteiger partial charge in [0.1, 0.15) is 4.88 Å². The Bertz CT molecular complexity index is 431. The molecule has 7 heteroatoms. The van der Waals surface area contributed by atoms with Crippen LogP contribution in [-0.2, 0) is 9.53 Å². The van der Waals surface area contributed by atoms with Crippen molar-refractivity contribution in [3.05, 3.63) is 10.6 Å². The van der Waals surface area contributed by atoms with Gasteiger partial charge < -0.3 is 15.8 Å². The number of hydrogen-bond acceptors (Lipinski definition) is 6. The molecule has 0 saturated heterocycles. The average Bonchev–Trinajstić information content (AvgIpc) is 2.64. The summed E-state index contributed by atoms with van der Waals surface area (Å²) in [4.78, 5) is 27.3. The first-order chi connectivity index (χ1) is 8.54. The molecule has 18 heavy (non-hydrogen) atoms. The molecule has 1 heterocycles. The van der Waals surface area contributed by atoms with E-state index in [4.69, 9.17) is 10.5 Å². The van der Waals surface area contributed by atoms with Crippen molar-refractivity contribution in [1.82, 2.24) is 10.3 Å². The molecule has 0 spiro atoms. The molecule has 0 fully saturated rings. The predicted octanol–water partition coefficient (Wildman–Crippen LogP) is 1.11. The van der Waals surface area contributed by atoms with E-state index in [2.05, 4.69) is 10.3 Å². The van der Waals surface area contributed by atoms with Crippen LogP contribution in [0.5, 0.6) is 0 Å².